The van der Waals surface area contributed by atoms with E-state index in [1.807, 2.05) is 36.4 Å². The molecule has 24 heavy (non-hydrogen) atoms. The minimum absolute atomic E-state index is 0.400. The Balaban J connectivity index is 2.02. The van der Waals surface area contributed by atoms with Crippen molar-refractivity contribution in [2.75, 3.05) is 0 Å². The highest BCUT2D eigenvalue weighted by Crippen LogP contribution is 2.29. The minimum Gasteiger partial charge on any atom is -0.321 e. The minimum atomic E-state index is 0.400. The van der Waals surface area contributed by atoms with E-state index >= 15 is 0 Å². The number of nitrogens with zero attached hydrogens (tertiary/aromatic N) is 3. The number of nitrogens with two attached hydrogens (primary N) is 2. The number of halogens is 1. The van der Waals surface area contributed by atoms with E-state index in [-0.39, 0.29) is 0 Å². The van der Waals surface area contributed by atoms with Crippen LogP contribution in [-0.4, -0.2) is 15.8 Å². The number of rotatable bonds is 4. The summed E-state index contributed by atoms with van der Waals surface area (Å²) < 4.78 is 0. The number of hydrogen-bond donors (Lipinski definition) is 3. The summed E-state index contributed by atoms with van der Waals surface area (Å²) in [6.07, 6.45) is 4.08. The fourth-order valence-electron chi connectivity index (χ4n) is 2.23. The second-order valence-electron chi connectivity index (χ2n) is 4.96. The molecule has 0 radical (unpaired) electrons. The third-order valence-electron chi connectivity index (χ3n) is 3.39. The molecule has 0 aliphatic carbocycles. The number of thiazole rings is 1. The zero-order valence-corrected chi connectivity index (χ0v) is 14.2. The lowest BCUT2D eigenvalue weighted by Gasteiger charge is -2.04. The van der Waals surface area contributed by atoms with Crippen LogP contribution in [0.2, 0.25) is 5.02 Å². The van der Waals surface area contributed by atoms with E-state index in [0.29, 0.717) is 17.3 Å². The SMILES string of the molecule is N/N=C(\NN)c1sc(-c2ccncc2)nc1Cc1ccc(Cl)cc1. The van der Waals surface area contributed by atoms with Crippen molar-refractivity contribution < 1.29 is 0 Å². The zero-order chi connectivity index (χ0) is 16.9. The molecule has 0 bridgehead atoms. The Bertz CT molecular complexity index is 845. The monoisotopic (exact) mass is 358 g/mol. The molecule has 0 aliphatic rings. The molecule has 0 saturated carbocycles. The number of amidine groups is 1. The summed E-state index contributed by atoms with van der Waals surface area (Å²) in [4.78, 5) is 9.58. The first-order valence-electron chi connectivity index (χ1n) is 7.10. The van der Waals surface area contributed by atoms with E-state index in [1.54, 1.807) is 12.4 Å². The van der Waals surface area contributed by atoms with Crippen LogP contribution >= 0.6 is 22.9 Å². The number of nitrogens with one attached hydrogen (secondary N) is 1. The van der Waals surface area contributed by atoms with Crippen molar-refractivity contribution in [3.63, 3.8) is 0 Å². The second-order valence-corrected chi connectivity index (χ2v) is 6.39. The summed E-state index contributed by atoms with van der Waals surface area (Å²) in [5.74, 6) is 11.4. The Morgan fingerprint density at radius 3 is 2.50 bits per heavy atom. The number of pyridine rings is 1. The van der Waals surface area contributed by atoms with Gasteiger partial charge in [0.2, 0.25) is 0 Å². The summed E-state index contributed by atoms with van der Waals surface area (Å²) in [5.41, 5.74) is 5.44. The molecule has 0 atom stereocenters. The van der Waals surface area contributed by atoms with Crippen LogP contribution in [0.1, 0.15) is 16.1 Å². The standard InChI is InChI=1S/C16H15ClN6S/c17-12-3-1-10(2-4-12)9-13-14(15(22-18)23-19)24-16(21-13)11-5-7-20-8-6-11/h1-8H,9,18-19H2,(H,22,23). The number of hydrogen-bond acceptors (Lipinski definition) is 6. The molecule has 0 unspecified atom stereocenters. The summed E-state index contributed by atoms with van der Waals surface area (Å²) >= 11 is 7.42. The van der Waals surface area contributed by atoms with Crippen molar-refractivity contribution in [2.45, 2.75) is 6.42 Å². The third-order valence-corrected chi connectivity index (χ3v) is 4.80. The topological polar surface area (TPSA) is 102 Å². The highest BCUT2D eigenvalue weighted by atomic mass is 35.5. The van der Waals surface area contributed by atoms with Gasteiger partial charge in [-0.1, -0.05) is 23.7 Å². The van der Waals surface area contributed by atoms with Crippen molar-refractivity contribution in [1.82, 2.24) is 15.4 Å². The van der Waals surface area contributed by atoms with Gasteiger partial charge < -0.3 is 11.3 Å². The van der Waals surface area contributed by atoms with E-state index in [1.165, 1.54) is 11.3 Å². The predicted octanol–water partition coefficient (Wildman–Crippen LogP) is 2.53. The van der Waals surface area contributed by atoms with Crippen molar-refractivity contribution in [3.8, 4) is 10.6 Å². The molecule has 0 spiro atoms. The molecule has 122 valence electrons. The normalized spacial score (nSPS) is 11.5. The lowest BCUT2D eigenvalue weighted by atomic mass is 10.1. The van der Waals surface area contributed by atoms with Gasteiger partial charge in [-0.2, -0.15) is 5.10 Å². The van der Waals surface area contributed by atoms with Crippen LogP contribution in [0.4, 0.5) is 0 Å². The van der Waals surface area contributed by atoms with Gasteiger partial charge in [0.1, 0.15) is 5.01 Å². The van der Waals surface area contributed by atoms with Gasteiger partial charge in [0, 0.05) is 29.4 Å². The van der Waals surface area contributed by atoms with Gasteiger partial charge in [0.25, 0.3) is 0 Å². The smallest absolute Gasteiger partial charge is 0.178 e. The van der Waals surface area contributed by atoms with Crippen LogP contribution in [0.5, 0.6) is 0 Å². The molecule has 3 aromatic rings. The van der Waals surface area contributed by atoms with E-state index in [4.69, 9.17) is 28.3 Å². The van der Waals surface area contributed by atoms with Gasteiger partial charge in [-0.25, -0.2) is 10.8 Å². The molecule has 5 N–H and O–H groups in total. The summed E-state index contributed by atoms with van der Waals surface area (Å²) in [5, 5.41) is 5.27. The first kappa shape index (κ1) is 16.4. The van der Waals surface area contributed by atoms with Gasteiger partial charge in [-0.15, -0.1) is 11.3 Å². The third kappa shape index (κ3) is 3.53. The fraction of sp³-hybridized carbons (Fsp3) is 0.0625. The van der Waals surface area contributed by atoms with Crippen LogP contribution in [0.15, 0.2) is 53.9 Å². The molecule has 8 heteroatoms. The molecular weight excluding hydrogens is 344 g/mol. The Labute approximate surface area is 148 Å². The molecule has 6 nitrogen and oxygen atoms in total. The summed E-state index contributed by atoms with van der Waals surface area (Å²) in [6, 6.07) is 11.4. The number of hydrazone groups is 1. The van der Waals surface area contributed by atoms with Gasteiger partial charge in [0.15, 0.2) is 5.84 Å². The van der Waals surface area contributed by atoms with E-state index < -0.39 is 0 Å². The molecule has 3 rings (SSSR count). The number of benzene rings is 1. The maximum Gasteiger partial charge on any atom is 0.178 e. The van der Waals surface area contributed by atoms with Crippen LogP contribution in [0.3, 0.4) is 0 Å². The molecule has 2 aromatic heterocycles. The average Bonchev–Trinajstić information content (AvgIpc) is 3.03. The lowest BCUT2D eigenvalue weighted by Crippen LogP contribution is -2.32. The molecule has 0 amide bonds. The molecule has 0 aliphatic heterocycles. The molecule has 1 aromatic carbocycles. The van der Waals surface area contributed by atoms with Crippen molar-refractivity contribution >= 4 is 28.8 Å². The first-order valence-corrected chi connectivity index (χ1v) is 8.30. The molecule has 2 heterocycles. The molecule has 0 fully saturated rings. The Kier molecular flexibility index (Phi) is 5.05. The van der Waals surface area contributed by atoms with Crippen LogP contribution in [-0.2, 0) is 6.42 Å². The van der Waals surface area contributed by atoms with E-state index in [9.17, 15) is 0 Å². The predicted molar refractivity (Wildman–Crippen MR) is 97.7 cm³/mol. The zero-order valence-electron chi connectivity index (χ0n) is 12.6. The fourth-order valence-corrected chi connectivity index (χ4v) is 3.40. The Hall–Kier alpha value is -2.48. The largest absolute Gasteiger partial charge is 0.321 e. The quantitative estimate of drug-likeness (QED) is 0.288. The van der Waals surface area contributed by atoms with Crippen LogP contribution in [0, 0.1) is 0 Å². The number of aromatic nitrogens is 2. The van der Waals surface area contributed by atoms with Gasteiger partial charge in [-0.3, -0.25) is 4.98 Å². The number of hydrazine groups is 1. The van der Waals surface area contributed by atoms with Crippen molar-refractivity contribution in [1.29, 1.82) is 0 Å². The lowest BCUT2D eigenvalue weighted by molar-refractivity contribution is 0.997. The molecule has 0 saturated heterocycles. The highest BCUT2D eigenvalue weighted by molar-refractivity contribution is 7.17. The van der Waals surface area contributed by atoms with Crippen molar-refractivity contribution in [2.24, 2.45) is 16.8 Å². The van der Waals surface area contributed by atoms with Crippen molar-refractivity contribution in [3.05, 3.63) is 69.9 Å². The van der Waals surface area contributed by atoms with E-state index in [0.717, 1.165) is 26.7 Å². The molecular formula is C16H15ClN6S. The second kappa shape index (κ2) is 7.39. The van der Waals surface area contributed by atoms with Crippen LogP contribution < -0.4 is 17.1 Å². The maximum atomic E-state index is 5.94. The highest BCUT2D eigenvalue weighted by Gasteiger charge is 2.17. The first-order chi connectivity index (χ1) is 11.7. The van der Waals surface area contributed by atoms with Crippen LogP contribution in [0.25, 0.3) is 10.6 Å². The Morgan fingerprint density at radius 2 is 1.88 bits per heavy atom. The summed E-state index contributed by atoms with van der Waals surface area (Å²) in [6.45, 7) is 0. The maximum absolute atomic E-state index is 5.94. The van der Waals surface area contributed by atoms with E-state index in [2.05, 4.69) is 15.5 Å². The average molecular weight is 359 g/mol. The van der Waals surface area contributed by atoms with Gasteiger partial charge >= 0.3 is 0 Å². The van der Waals surface area contributed by atoms with Gasteiger partial charge in [-0.05, 0) is 29.8 Å². The summed E-state index contributed by atoms with van der Waals surface area (Å²) in [7, 11) is 0. The Morgan fingerprint density at radius 1 is 1.17 bits per heavy atom. The van der Waals surface area contributed by atoms with Gasteiger partial charge in [0.05, 0.1) is 10.6 Å².